The van der Waals surface area contributed by atoms with E-state index in [1.807, 2.05) is 45.0 Å². The minimum absolute atomic E-state index is 0.196. The van der Waals surface area contributed by atoms with Crippen LogP contribution in [-0.4, -0.2) is 24.5 Å². The van der Waals surface area contributed by atoms with Crippen LogP contribution in [0, 0.1) is 5.41 Å². The molecule has 0 aliphatic heterocycles. The Hall–Kier alpha value is -2.36. The van der Waals surface area contributed by atoms with Crippen molar-refractivity contribution < 1.29 is 14.3 Å². The SMILES string of the molecule is C[C@@H](OC(=O)C(=O)NCCc1cccc2ccccc12)C(C)(C)C. The molecule has 2 aromatic rings. The Morgan fingerprint density at radius 1 is 1.08 bits per heavy atom. The fraction of sp³-hybridized carbons (Fsp3) is 0.400. The first kappa shape index (κ1) is 18.0. The van der Waals surface area contributed by atoms with Gasteiger partial charge in [0.25, 0.3) is 0 Å². The van der Waals surface area contributed by atoms with E-state index in [1.54, 1.807) is 6.92 Å². The van der Waals surface area contributed by atoms with Crippen LogP contribution in [0.15, 0.2) is 42.5 Å². The van der Waals surface area contributed by atoms with Gasteiger partial charge in [-0.25, -0.2) is 4.79 Å². The number of ether oxygens (including phenoxy) is 1. The average molecular weight is 327 g/mol. The molecule has 1 amide bonds. The van der Waals surface area contributed by atoms with Crippen molar-refractivity contribution in [1.82, 2.24) is 5.32 Å². The zero-order chi connectivity index (χ0) is 17.7. The number of hydrogen-bond donors (Lipinski definition) is 1. The van der Waals surface area contributed by atoms with Crippen molar-refractivity contribution >= 4 is 22.6 Å². The van der Waals surface area contributed by atoms with Crippen molar-refractivity contribution in [2.75, 3.05) is 6.54 Å². The van der Waals surface area contributed by atoms with E-state index in [-0.39, 0.29) is 11.5 Å². The third kappa shape index (κ3) is 4.57. The van der Waals surface area contributed by atoms with Crippen LogP contribution in [0.25, 0.3) is 10.8 Å². The van der Waals surface area contributed by atoms with Gasteiger partial charge in [-0.15, -0.1) is 0 Å². The molecule has 0 aliphatic rings. The molecule has 4 nitrogen and oxygen atoms in total. The predicted octanol–water partition coefficient (Wildman–Crippen LogP) is 3.48. The maximum atomic E-state index is 11.9. The summed E-state index contributed by atoms with van der Waals surface area (Å²) in [5.41, 5.74) is 0.948. The molecule has 0 saturated heterocycles. The van der Waals surface area contributed by atoms with Crippen LogP contribution in [0.5, 0.6) is 0 Å². The highest BCUT2D eigenvalue weighted by Crippen LogP contribution is 2.21. The summed E-state index contributed by atoms with van der Waals surface area (Å²) in [5, 5.41) is 4.97. The van der Waals surface area contributed by atoms with Crippen LogP contribution >= 0.6 is 0 Å². The summed E-state index contributed by atoms with van der Waals surface area (Å²) in [5.74, 6) is -1.51. The summed E-state index contributed by atoms with van der Waals surface area (Å²) in [6, 6.07) is 14.2. The van der Waals surface area contributed by atoms with Crippen LogP contribution < -0.4 is 5.32 Å². The van der Waals surface area contributed by atoms with Gasteiger partial charge in [0.2, 0.25) is 0 Å². The molecule has 0 spiro atoms. The molecule has 2 aromatic carbocycles. The highest BCUT2D eigenvalue weighted by atomic mass is 16.5. The molecule has 4 heteroatoms. The van der Waals surface area contributed by atoms with Crippen molar-refractivity contribution in [3.8, 4) is 0 Å². The largest absolute Gasteiger partial charge is 0.455 e. The van der Waals surface area contributed by atoms with Gasteiger partial charge in [-0.05, 0) is 35.1 Å². The lowest BCUT2D eigenvalue weighted by atomic mass is 9.90. The number of nitrogens with one attached hydrogen (secondary N) is 1. The smallest absolute Gasteiger partial charge is 0.397 e. The van der Waals surface area contributed by atoms with Gasteiger partial charge in [-0.2, -0.15) is 0 Å². The lowest BCUT2D eigenvalue weighted by molar-refractivity contribution is -0.162. The topological polar surface area (TPSA) is 55.4 Å². The second-order valence-corrected chi connectivity index (χ2v) is 7.06. The van der Waals surface area contributed by atoms with Crippen LogP contribution in [0.4, 0.5) is 0 Å². The summed E-state index contributed by atoms with van der Waals surface area (Å²) in [6.45, 7) is 8.07. The quantitative estimate of drug-likeness (QED) is 0.691. The van der Waals surface area contributed by atoms with E-state index in [4.69, 9.17) is 4.74 Å². The predicted molar refractivity (Wildman–Crippen MR) is 95.7 cm³/mol. The lowest BCUT2D eigenvalue weighted by Crippen LogP contribution is -2.38. The molecular weight excluding hydrogens is 302 g/mol. The fourth-order valence-electron chi connectivity index (χ4n) is 2.28. The molecule has 0 radical (unpaired) electrons. The van der Waals surface area contributed by atoms with Crippen LogP contribution in [0.1, 0.15) is 33.3 Å². The van der Waals surface area contributed by atoms with E-state index in [9.17, 15) is 9.59 Å². The first-order chi connectivity index (χ1) is 11.3. The number of carbonyl (C=O) groups excluding carboxylic acids is 2. The first-order valence-corrected chi connectivity index (χ1v) is 8.24. The minimum atomic E-state index is -0.824. The molecule has 0 heterocycles. The Kier molecular flexibility index (Phi) is 5.60. The van der Waals surface area contributed by atoms with Crippen molar-refractivity contribution in [2.24, 2.45) is 5.41 Å². The van der Waals surface area contributed by atoms with Gasteiger partial charge in [0.1, 0.15) is 6.10 Å². The normalized spacial score (nSPS) is 12.7. The summed E-state index contributed by atoms with van der Waals surface area (Å²) >= 11 is 0. The Morgan fingerprint density at radius 3 is 2.46 bits per heavy atom. The van der Waals surface area contributed by atoms with Gasteiger partial charge >= 0.3 is 11.9 Å². The zero-order valence-corrected chi connectivity index (χ0v) is 14.8. The summed E-state index contributed by atoms with van der Waals surface area (Å²) < 4.78 is 5.20. The molecule has 0 unspecified atom stereocenters. The maximum absolute atomic E-state index is 11.9. The lowest BCUT2D eigenvalue weighted by Gasteiger charge is -2.26. The Bertz CT molecular complexity index is 726. The molecule has 0 aromatic heterocycles. The third-order valence-electron chi connectivity index (χ3n) is 4.25. The van der Waals surface area contributed by atoms with Crippen molar-refractivity contribution in [2.45, 2.75) is 40.2 Å². The molecule has 2 rings (SSSR count). The Balaban J connectivity index is 1.89. The van der Waals surface area contributed by atoms with E-state index in [0.717, 1.165) is 10.9 Å². The van der Waals surface area contributed by atoms with Crippen LogP contribution in [0.2, 0.25) is 0 Å². The molecule has 1 N–H and O–H groups in total. The standard InChI is InChI=1S/C20H25NO3/c1-14(20(2,3)4)24-19(23)18(22)21-13-12-16-10-7-9-15-8-5-6-11-17(15)16/h5-11,14H,12-13H2,1-4H3,(H,21,22)/t14-/m1/s1. The van der Waals surface area contributed by atoms with Crippen LogP contribution in [0.3, 0.4) is 0 Å². The number of amides is 1. The second-order valence-electron chi connectivity index (χ2n) is 7.06. The Morgan fingerprint density at radius 2 is 1.75 bits per heavy atom. The number of fused-ring (bicyclic) bond motifs is 1. The molecular formula is C20H25NO3. The van der Waals surface area contributed by atoms with Gasteiger partial charge in [0, 0.05) is 6.54 Å². The number of esters is 1. The van der Waals surface area contributed by atoms with Gasteiger partial charge in [-0.3, -0.25) is 4.79 Å². The molecule has 128 valence electrons. The molecule has 0 aliphatic carbocycles. The van der Waals surface area contributed by atoms with Crippen molar-refractivity contribution in [3.63, 3.8) is 0 Å². The van der Waals surface area contributed by atoms with Gasteiger partial charge in [0.15, 0.2) is 0 Å². The van der Waals surface area contributed by atoms with E-state index >= 15 is 0 Å². The fourth-order valence-corrected chi connectivity index (χ4v) is 2.28. The average Bonchev–Trinajstić information content (AvgIpc) is 2.54. The van der Waals surface area contributed by atoms with Crippen LogP contribution in [-0.2, 0) is 20.7 Å². The Labute approximate surface area is 143 Å². The van der Waals surface area contributed by atoms with E-state index < -0.39 is 11.9 Å². The molecule has 0 fully saturated rings. The summed E-state index contributed by atoms with van der Waals surface area (Å²) in [6.07, 6.45) is 0.337. The van der Waals surface area contributed by atoms with Crippen molar-refractivity contribution in [3.05, 3.63) is 48.0 Å². The van der Waals surface area contributed by atoms with Gasteiger partial charge in [-0.1, -0.05) is 63.2 Å². The zero-order valence-electron chi connectivity index (χ0n) is 14.8. The molecule has 24 heavy (non-hydrogen) atoms. The number of carbonyl (C=O) groups is 2. The number of hydrogen-bond acceptors (Lipinski definition) is 3. The highest BCUT2D eigenvalue weighted by Gasteiger charge is 2.26. The van der Waals surface area contributed by atoms with Gasteiger partial charge < -0.3 is 10.1 Å². The highest BCUT2D eigenvalue weighted by molar-refractivity contribution is 6.32. The minimum Gasteiger partial charge on any atom is -0.455 e. The van der Waals surface area contributed by atoms with E-state index in [0.29, 0.717) is 13.0 Å². The molecule has 1 atom stereocenters. The number of rotatable bonds is 4. The molecule has 0 bridgehead atoms. The van der Waals surface area contributed by atoms with E-state index in [2.05, 4.69) is 23.5 Å². The number of benzene rings is 2. The van der Waals surface area contributed by atoms with Crippen molar-refractivity contribution in [1.29, 1.82) is 0 Å². The third-order valence-corrected chi connectivity index (χ3v) is 4.25. The van der Waals surface area contributed by atoms with E-state index in [1.165, 1.54) is 5.39 Å². The van der Waals surface area contributed by atoms with Gasteiger partial charge in [0.05, 0.1) is 0 Å². The summed E-state index contributed by atoms with van der Waals surface area (Å²) in [4.78, 5) is 23.7. The first-order valence-electron chi connectivity index (χ1n) is 8.24. The second kappa shape index (κ2) is 7.47. The maximum Gasteiger partial charge on any atom is 0.397 e. The summed E-state index contributed by atoms with van der Waals surface area (Å²) in [7, 11) is 0. The monoisotopic (exact) mass is 327 g/mol. The molecule has 0 saturated carbocycles.